The van der Waals surface area contributed by atoms with Crippen molar-refractivity contribution in [2.24, 2.45) is 0 Å². The molecule has 0 aromatic heterocycles. The van der Waals surface area contributed by atoms with Crippen molar-refractivity contribution in [2.75, 3.05) is 20.1 Å². The van der Waals surface area contributed by atoms with Crippen LogP contribution in [0.5, 0.6) is 0 Å². The number of nitrogens with zero attached hydrogens (tertiary/aromatic N) is 1. The Hall–Kier alpha value is -0.420. The van der Waals surface area contributed by atoms with Crippen molar-refractivity contribution < 1.29 is 4.79 Å². The molecule has 2 rings (SSSR count). The lowest BCUT2D eigenvalue weighted by Crippen LogP contribution is -2.44. The van der Waals surface area contributed by atoms with Gasteiger partial charge in [-0.15, -0.1) is 11.8 Å². The van der Waals surface area contributed by atoms with Gasteiger partial charge in [0.25, 0.3) is 0 Å². The zero-order valence-corrected chi connectivity index (χ0v) is 14.6. The SMILES string of the molecule is CNCC1CCCN1C(=O)C(C)Sc1cc(Cl)ccc1Cl. The van der Waals surface area contributed by atoms with Crippen molar-refractivity contribution in [1.29, 1.82) is 0 Å². The van der Waals surface area contributed by atoms with Gasteiger partial charge in [-0.2, -0.15) is 0 Å². The number of hydrogen-bond donors (Lipinski definition) is 1. The van der Waals surface area contributed by atoms with E-state index in [0.717, 1.165) is 30.8 Å². The Morgan fingerprint density at radius 1 is 1.52 bits per heavy atom. The minimum absolute atomic E-state index is 0.168. The fourth-order valence-electron chi connectivity index (χ4n) is 2.62. The van der Waals surface area contributed by atoms with Gasteiger partial charge < -0.3 is 10.2 Å². The van der Waals surface area contributed by atoms with Gasteiger partial charge >= 0.3 is 0 Å². The summed E-state index contributed by atoms with van der Waals surface area (Å²) in [5.41, 5.74) is 0. The highest BCUT2D eigenvalue weighted by atomic mass is 35.5. The molecular formula is C15H20Cl2N2OS. The summed E-state index contributed by atoms with van der Waals surface area (Å²) in [6.07, 6.45) is 2.15. The van der Waals surface area contributed by atoms with E-state index in [-0.39, 0.29) is 11.2 Å². The Kier molecular flexibility index (Phi) is 6.23. The Bertz CT molecular complexity index is 512. The minimum atomic E-state index is -0.168. The van der Waals surface area contributed by atoms with Crippen LogP contribution < -0.4 is 5.32 Å². The van der Waals surface area contributed by atoms with Gasteiger partial charge in [0.15, 0.2) is 0 Å². The third-order valence-electron chi connectivity index (χ3n) is 3.64. The van der Waals surface area contributed by atoms with E-state index in [1.54, 1.807) is 12.1 Å². The first kappa shape index (κ1) is 16.9. The summed E-state index contributed by atoms with van der Waals surface area (Å²) < 4.78 is 0. The molecule has 0 radical (unpaired) electrons. The summed E-state index contributed by atoms with van der Waals surface area (Å²) in [6, 6.07) is 5.64. The molecule has 0 spiro atoms. The van der Waals surface area contributed by atoms with Crippen molar-refractivity contribution >= 4 is 40.9 Å². The van der Waals surface area contributed by atoms with Crippen molar-refractivity contribution in [3.63, 3.8) is 0 Å². The van der Waals surface area contributed by atoms with E-state index < -0.39 is 0 Å². The lowest BCUT2D eigenvalue weighted by molar-refractivity contribution is -0.131. The first-order valence-electron chi connectivity index (χ1n) is 7.09. The number of hydrogen-bond acceptors (Lipinski definition) is 3. The molecule has 2 unspecified atom stereocenters. The fraction of sp³-hybridized carbons (Fsp3) is 0.533. The van der Waals surface area contributed by atoms with Gasteiger partial charge in [0.2, 0.25) is 5.91 Å². The standard InChI is InChI=1S/C15H20Cl2N2OS/c1-10(21-14-8-11(16)5-6-13(14)17)15(20)19-7-3-4-12(19)9-18-2/h5-6,8,10,12,18H,3-4,7,9H2,1-2H3. The molecule has 1 fully saturated rings. The maximum Gasteiger partial charge on any atom is 0.236 e. The monoisotopic (exact) mass is 346 g/mol. The van der Waals surface area contributed by atoms with Crippen LogP contribution in [0.25, 0.3) is 0 Å². The van der Waals surface area contributed by atoms with Crippen LogP contribution in [-0.2, 0) is 4.79 Å². The number of likely N-dealkylation sites (tertiary alicyclic amines) is 1. The van der Waals surface area contributed by atoms with Gasteiger partial charge in [0.05, 0.1) is 10.3 Å². The largest absolute Gasteiger partial charge is 0.337 e. The molecule has 1 saturated heterocycles. The van der Waals surface area contributed by atoms with Crippen LogP contribution in [0, 0.1) is 0 Å². The molecule has 1 amide bonds. The Morgan fingerprint density at radius 3 is 3.00 bits per heavy atom. The molecule has 1 aliphatic rings. The second-order valence-electron chi connectivity index (χ2n) is 5.22. The van der Waals surface area contributed by atoms with Crippen LogP contribution in [0.2, 0.25) is 10.0 Å². The first-order chi connectivity index (χ1) is 10.0. The summed E-state index contributed by atoms with van der Waals surface area (Å²) in [7, 11) is 1.92. The molecule has 1 heterocycles. The smallest absolute Gasteiger partial charge is 0.236 e. The van der Waals surface area contributed by atoms with E-state index >= 15 is 0 Å². The predicted octanol–water partition coefficient (Wildman–Crippen LogP) is 3.68. The van der Waals surface area contributed by atoms with Gasteiger partial charge in [0, 0.05) is 29.0 Å². The molecule has 1 aromatic rings. The minimum Gasteiger partial charge on any atom is -0.337 e. The Morgan fingerprint density at radius 2 is 2.29 bits per heavy atom. The molecule has 1 N–H and O–H groups in total. The topological polar surface area (TPSA) is 32.3 Å². The molecule has 1 aliphatic heterocycles. The van der Waals surface area contributed by atoms with E-state index in [0.29, 0.717) is 16.1 Å². The summed E-state index contributed by atoms with van der Waals surface area (Å²) in [6.45, 7) is 3.62. The van der Waals surface area contributed by atoms with Crippen LogP contribution in [0.4, 0.5) is 0 Å². The van der Waals surface area contributed by atoms with Gasteiger partial charge in [-0.05, 0) is 45.0 Å². The van der Waals surface area contributed by atoms with Gasteiger partial charge in [-0.3, -0.25) is 4.79 Å². The molecule has 0 bridgehead atoms. The Labute approximate surface area is 140 Å². The molecule has 21 heavy (non-hydrogen) atoms. The van der Waals surface area contributed by atoms with E-state index in [4.69, 9.17) is 23.2 Å². The predicted molar refractivity (Wildman–Crippen MR) is 90.4 cm³/mol. The molecule has 6 heteroatoms. The lowest BCUT2D eigenvalue weighted by atomic mass is 10.2. The zero-order valence-electron chi connectivity index (χ0n) is 12.2. The van der Waals surface area contributed by atoms with E-state index in [9.17, 15) is 4.79 Å². The third-order valence-corrected chi connectivity index (χ3v) is 5.47. The molecule has 2 atom stereocenters. The number of carbonyl (C=O) groups is 1. The number of benzene rings is 1. The summed E-state index contributed by atoms with van der Waals surface area (Å²) in [4.78, 5) is 15.5. The molecule has 1 aromatic carbocycles. The number of nitrogens with one attached hydrogen (secondary N) is 1. The number of amides is 1. The summed E-state index contributed by atoms with van der Waals surface area (Å²) >= 11 is 13.6. The number of likely N-dealkylation sites (N-methyl/N-ethyl adjacent to an activating group) is 1. The van der Waals surface area contributed by atoms with Crippen molar-refractivity contribution in [3.8, 4) is 0 Å². The number of rotatable bonds is 5. The van der Waals surface area contributed by atoms with Crippen LogP contribution in [0.3, 0.4) is 0 Å². The summed E-state index contributed by atoms with van der Waals surface area (Å²) in [5.74, 6) is 0.175. The van der Waals surface area contributed by atoms with Crippen LogP contribution >= 0.6 is 35.0 Å². The van der Waals surface area contributed by atoms with Gasteiger partial charge in [0.1, 0.15) is 0 Å². The molecule has 116 valence electrons. The highest BCUT2D eigenvalue weighted by molar-refractivity contribution is 8.00. The Balaban J connectivity index is 2.03. The first-order valence-corrected chi connectivity index (χ1v) is 8.73. The average Bonchev–Trinajstić information content (AvgIpc) is 2.90. The van der Waals surface area contributed by atoms with Gasteiger partial charge in [-0.25, -0.2) is 0 Å². The van der Waals surface area contributed by atoms with Crippen molar-refractivity contribution in [1.82, 2.24) is 10.2 Å². The highest BCUT2D eigenvalue weighted by Gasteiger charge is 2.31. The van der Waals surface area contributed by atoms with Crippen LogP contribution in [0.15, 0.2) is 23.1 Å². The molecule has 3 nitrogen and oxygen atoms in total. The maximum atomic E-state index is 12.6. The van der Waals surface area contributed by atoms with Crippen molar-refractivity contribution in [3.05, 3.63) is 28.2 Å². The molecule has 0 saturated carbocycles. The third kappa shape index (κ3) is 4.28. The van der Waals surface area contributed by atoms with Crippen LogP contribution in [0.1, 0.15) is 19.8 Å². The second kappa shape index (κ2) is 7.73. The lowest BCUT2D eigenvalue weighted by Gasteiger charge is -2.27. The number of thioether (sulfide) groups is 1. The maximum absolute atomic E-state index is 12.6. The van der Waals surface area contributed by atoms with Crippen LogP contribution in [-0.4, -0.2) is 42.2 Å². The van der Waals surface area contributed by atoms with Gasteiger partial charge in [-0.1, -0.05) is 23.2 Å². The zero-order chi connectivity index (χ0) is 15.4. The average molecular weight is 347 g/mol. The normalized spacial score (nSPS) is 19.8. The number of carbonyl (C=O) groups excluding carboxylic acids is 1. The van der Waals surface area contributed by atoms with Crippen molar-refractivity contribution in [2.45, 2.75) is 36.0 Å². The molecule has 0 aliphatic carbocycles. The number of halogens is 2. The van der Waals surface area contributed by atoms with E-state index in [1.165, 1.54) is 11.8 Å². The quantitative estimate of drug-likeness (QED) is 0.825. The highest BCUT2D eigenvalue weighted by Crippen LogP contribution is 2.34. The second-order valence-corrected chi connectivity index (χ2v) is 7.45. The fourth-order valence-corrected chi connectivity index (χ4v) is 4.10. The summed E-state index contributed by atoms with van der Waals surface area (Å²) in [5, 5.41) is 4.26. The van der Waals surface area contributed by atoms with E-state index in [2.05, 4.69) is 5.32 Å². The molecular weight excluding hydrogens is 327 g/mol. The van der Waals surface area contributed by atoms with E-state index in [1.807, 2.05) is 24.9 Å².